The first-order chi connectivity index (χ1) is 7.06. The van der Waals surface area contributed by atoms with Crippen LogP contribution in [-0.2, 0) is 0 Å². The summed E-state index contributed by atoms with van der Waals surface area (Å²) in [7, 11) is 0. The fourth-order valence-electron chi connectivity index (χ4n) is 1.87. The van der Waals surface area contributed by atoms with Crippen molar-refractivity contribution in [3.05, 3.63) is 33.8 Å². The summed E-state index contributed by atoms with van der Waals surface area (Å²) >= 11 is 3.54. The molecule has 2 heteroatoms. The second kappa shape index (κ2) is 5.66. The van der Waals surface area contributed by atoms with Gasteiger partial charge in [-0.25, -0.2) is 0 Å². The number of nitrogens with one attached hydrogen (secondary N) is 1. The second-order valence-electron chi connectivity index (χ2n) is 4.28. The van der Waals surface area contributed by atoms with Gasteiger partial charge >= 0.3 is 0 Å². The van der Waals surface area contributed by atoms with Gasteiger partial charge in [0.15, 0.2) is 0 Å². The molecular formula is C13H20BrN. The molecule has 1 N–H and O–H groups in total. The van der Waals surface area contributed by atoms with Crippen LogP contribution in [0, 0.1) is 12.8 Å². The SMILES string of the molecule is CCNC(c1cc(Br)ccc1C)C(C)C. The van der Waals surface area contributed by atoms with E-state index in [1.807, 2.05) is 0 Å². The molecule has 1 aromatic rings. The van der Waals surface area contributed by atoms with Gasteiger partial charge < -0.3 is 5.32 Å². The van der Waals surface area contributed by atoms with E-state index in [2.05, 4.69) is 67.1 Å². The number of hydrogen-bond acceptors (Lipinski definition) is 1. The Morgan fingerprint density at radius 1 is 1.33 bits per heavy atom. The third-order valence-electron chi connectivity index (χ3n) is 2.67. The van der Waals surface area contributed by atoms with Crippen LogP contribution in [0.5, 0.6) is 0 Å². The van der Waals surface area contributed by atoms with E-state index in [0.717, 1.165) is 11.0 Å². The lowest BCUT2D eigenvalue weighted by atomic mass is 9.93. The molecular weight excluding hydrogens is 250 g/mol. The molecule has 0 fully saturated rings. The van der Waals surface area contributed by atoms with Crippen LogP contribution in [0.1, 0.15) is 37.9 Å². The van der Waals surface area contributed by atoms with Crippen LogP contribution in [-0.4, -0.2) is 6.54 Å². The topological polar surface area (TPSA) is 12.0 Å². The maximum atomic E-state index is 3.55. The maximum absolute atomic E-state index is 3.55. The molecule has 0 aliphatic rings. The molecule has 84 valence electrons. The second-order valence-corrected chi connectivity index (χ2v) is 5.20. The summed E-state index contributed by atoms with van der Waals surface area (Å²) in [5.41, 5.74) is 2.76. The number of benzene rings is 1. The highest BCUT2D eigenvalue weighted by Gasteiger charge is 2.16. The van der Waals surface area contributed by atoms with Gasteiger partial charge in [-0.05, 0) is 42.6 Å². The average molecular weight is 270 g/mol. The fourth-order valence-corrected chi connectivity index (χ4v) is 2.25. The lowest BCUT2D eigenvalue weighted by Gasteiger charge is -2.24. The number of hydrogen-bond donors (Lipinski definition) is 1. The summed E-state index contributed by atoms with van der Waals surface area (Å²) in [5, 5.41) is 3.55. The largest absolute Gasteiger partial charge is 0.310 e. The Hall–Kier alpha value is -0.340. The summed E-state index contributed by atoms with van der Waals surface area (Å²) < 4.78 is 1.16. The van der Waals surface area contributed by atoms with Gasteiger partial charge in [-0.15, -0.1) is 0 Å². The van der Waals surface area contributed by atoms with Gasteiger partial charge in [-0.2, -0.15) is 0 Å². The first kappa shape index (κ1) is 12.7. The molecule has 0 saturated carbocycles. The Morgan fingerprint density at radius 3 is 2.53 bits per heavy atom. The van der Waals surface area contributed by atoms with Crippen molar-refractivity contribution < 1.29 is 0 Å². The van der Waals surface area contributed by atoms with E-state index >= 15 is 0 Å². The summed E-state index contributed by atoms with van der Waals surface area (Å²) in [6.07, 6.45) is 0. The number of rotatable bonds is 4. The predicted molar refractivity (Wildman–Crippen MR) is 70.1 cm³/mol. The Balaban J connectivity index is 3.04. The molecule has 1 aromatic carbocycles. The van der Waals surface area contributed by atoms with Crippen molar-refractivity contribution in [3.63, 3.8) is 0 Å². The molecule has 0 bridgehead atoms. The molecule has 0 aliphatic heterocycles. The van der Waals surface area contributed by atoms with E-state index < -0.39 is 0 Å². The molecule has 0 aromatic heterocycles. The Bertz CT molecular complexity index is 320. The first-order valence-electron chi connectivity index (χ1n) is 5.55. The molecule has 0 amide bonds. The average Bonchev–Trinajstić information content (AvgIpc) is 2.18. The van der Waals surface area contributed by atoms with Crippen molar-refractivity contribution in [2.45, 2.75) is 33.7 Å². The van der Waals surface area contributed by atoms with Crippen LogP contribution in [0.4, 0.5) is 0 Å². The number of halogens is 1. The Kier molecular flexibility index (Phi) is 4.81. The first-order valence-corrected chi connectivity index (χ1v) is 6.35. The van der Waals surface area contributed by atoms with Gasteiger partial charge in [-0.3, -0.25) is 0 Å². The molecule has 0 aliphatic carbocycles. The molecule has 1 rings (SSSR count). The zero-order chi connectivity index (χ0) is 11.4. The van der Waals surface area contributed by atoms with E-state index in [0.29, 0.717) is 12.0 Å². The van der Waals surface area contributed by atoms with Crippen molar-refractivity contribution in [2.24, 2.45) is 5.92 Å². The smallest absolute Gasteiger partial charge is 0.0346 e. The molecule has 15 heavy (non-hydrogen) atoms. The lowest BCUT2D eigenvalue weighted by Crippen LogP contribution is -2.26. The summed E-state index contributed by atoms with van der Waals surface area (Å²) in [4.78, 5) is 0. The molecule has 1 atom stereocenters. The minimum Gasteiger partial charge on any atom is -0.310 e. The van der Waals surface area contributed by atoms with Crippen molar-refractivity contribution in [1.82, 2.24) is 5.32 Å². The van der Waals surface area contributed by atoms with E-state index in [-0.39, 0.29) is 0 Å². The maximum Gasteiger partial charge on any atom is 0.0346 e. The molecule has 1 nitrogen and oxygen atoms in total. The van der Waals surface area contributed by atoms with E-state index in [1.54, 1.807) is 0 Å². The van der Waals surface area contributed by atoms with Crippen molar-refractivity contribution in [2.75, 3.05) is 6.54 Å². The fraction of sp³-hybridized carbons (Fsp3) is 0.538. The van der Waals surface area contributed by atoms with Crippen molar-refractivity contribution >= 4 is 15.9 Å². The van der Waals surface area contributed by atoms with Crippen LogP contribution >= 0.6 is 15.9 Å². The quantitative estimate of drug-likeness (QED) is 0.869. The third kappa shape index (κ3) is 3.32. The molecule has 0 radical (unpaired) electrons. The minimum absolute atomic E-state index is 0.451. The van der Waals surface area contributed by atoms with Crippen LogP contribution in [0.15, 0.2) is 22.7 Å². The summed E-state index contributed by atoms with van der Waals surface area (Å²) in [6.45, 7) is 9.85. The standard InChI is InChI=1S/C13H20BrN/c1-5-15-13(9(2)3)12-8-11(14)7-6-10(12)4/h6-9,13,15H,5H2,1-4H3. The monoisotopic (exact) mass is 269 g/mol. The lowest BCUT2D eigenvalue weighted by molar-refractivity contribution is 0.420. The summed E-state index contributed by atoms with van der Waals surface area (Å²) in [5.74, 6) is 0.609. The highest BCUT2D eigenvalue weighted by molar-refractivity contribution is 9.10. The summed E-state index contributed by atoms with van der Waals surface area (Å²) in [6, 6.07) is 6.95. The predicted octanol–water partition coefficient (Wildman–Crippen LogP) is 4.06. The van der Waals surface area contributed by atoms with E-state index in [9.17, 15) is 0 Å². The van der Waals surface area contributed by atoms with Crippen LogP contribution in [0.2, 0.25) is 0 Å². The van der Waals surface area contributed by atoms with Gasteiger partial charge in [-0.1, -0.05) is 42.8 Å². The zero-order valence-electron chi connectivity index (χ0n) is 9.97. The highest BCUT2D eigenvalue weighted by atomic mass is 79.9. The van der Waals surface area contributed by atoms with Gasteiger partial charge in [0.2, 0.25) is 0 Å². The zero-order valence-corrected chi connectivity index (χ0v) is 11.6. The van der Waals surface area contributed by atoms with Gasteiger partial charge in [0, 0.05) is 10.5 Å². The Morgan fingerprint density at radius 2 is 2.00 bits per heavy atom. The Labute approximate surface area is 101 Å². The van der Waals surface area contributed by atoms with Gasteiger partial charge in [0.25, 0.3) is 0 Å². The third-order valence-corrected chi connectivity index (χ3v) is 3.16. The minimum atomic E-state index is 0.451. The number of aryl methyl sites for hydroxylation is 1. The van der Waals surface area contributed by atoms with Gasteiger partial charge in [0.1, 0.15) is 0 Å². The highest BCUT2D eigenvalue weighted by Crippen LogP contribution is 2.27. The van der Waals surface area contributed by atoms with E-state index in [1.165, 1.54) is 11.1 Å². The normalized spacial score (nSPS) is 13.2. The van der Waals surface area contributed by atoms with E-state index in [4.69, 9.17) is 0 Å². The molecule has 0 heterocycles. The van der Waals surface area contributed by atoms with Crippen molar-refractivity contribution in [1.29, 1.82) is 0 Å². The molecule has 0 saturated heterocycles. The van der Waals surface area contributed by atoms with Crippen LogP contribution in [0.3, 0.4) is 0 Å². The molecule has 0 spiro atoms. The van der Waals surface area contributed by atoms with Crippen LogP contribution < -0.4 is 5.32 Å². The van der Waals surface area contributed by atoms with Crippen LogP contribution in [0.25, 0.3) is 0 Å². The van der Waals surface area contributed by atoms with Crippen molar-refractivity contribution in [3.8, 4) is 0 Å². The van der Waals surface area contributed by atoms with Gasteiger partial charge in [0.05, 0.1) is 0 Å². The molecule has 1 unspecified atom stereocenters.